The molecule has 0 atom stereocenters. The first kappa shape index (κ1) is 17.9. The fraction of sp³-hybridized carbons (Fsp3) is 0.222. The molecule has 0 spiro atoms. The number of amides is 3. The van der Waals surface area contributed by atoms with E-state index in [1.165, 1.54) is 27.1 Å². The van der Waals surface area contributed by atoms with Crippen LogP contribution in [0.15, 0.2) is 48.8 Å². The second-order valence-corrected chi connectivity index (χ2v) is 6.36. The molecule has 1 aromatic heterocycles. The van der Waals surface area contributed by atoms with Crippen molar-refractivity contribution >= 4 is 35.0 Å². The quantitative estimate of drug-likeness (QED) is 0.817. The van der Waals surface area contributed by atoms with Crippen molar-refractivity contribution in [3.05, 3.63) is 59.4 Å². The van der Waals surface area contributed by atoms with Crippen molar-refractivity contribution in [1.29, 1.82) is 0 Å². The molecule has 2 aromatic rings. The summed E-state index contributed by atoms with van der Waals surface area (Å²) in [5, 5.41) is 0.574. The summed E-state index contributed by atoms with van der Waals surface area (Å²) in [6.07, 6.45) is 3.04. The van der Waals surface area contributed by atoms with Crippen LogP contribution >= 0.6 is 11.6 Å². The number of aromatic nitrogens is 1. The summed E-state index contributed by atoms with van der Waals surface area (Å²) >= 11 is 5.86. The second kappa shape index (κ2) is 7.53. The molecular formula is C18H17ClN4O3. The van der Waals surface area contributed by atoms with Gasteiger partial charge in [-0.25, -0.2) is 0 Å². The van der Waals surface area contributed by atoms with Crippen LogP contribution < -0.4 is 4.90 Å². The fourth-order valence-corrected chi connectivity index (χ4v) is 2.78. The summed E-state index contributed by atoms with van der Waals surface area (Å²) in [5.74, 6) is -0.746. The van der Waals surface area contributed by atoms with E-state index in [0.29, 0.717) is 16.3 Å². The summed E-state index contributed by atoms with van der Waals surface area (Å²) in [7, 11) is 1.55. The summed E-state index contributed by atoms with van der Waals surface area (Å²) < 4.78 is 0. The van der Waals surface area contributed by atoms with Gasteiger partial charge >= 0.3 is 0 Å². The average molecular weight is 373 g/mol. The Morgan fingerprint density at radius 3 is 2.46 bits per heavy atom. The lowest BCUT2D eigenvalue weighted by Crippen LogP contribution is -2.40. The predicted molar refractivity (Wildman–Crippen MR) is 96.7 cm³/mol. The van der Waals surface area contributed by atoms with Crippen LogP contribution in [-0.4, -0.2) is 59.3 Å². The van der Waals surface area contributed by atoms with Crippen LogP contribution in [0.25, 0.3) is 0 Å². The molecule has 134 valence electrons. The lowest BCUT2D eigenvalue weighted by Gasteiger charge is -2.22. The normalized spacial score (nSPS) is 13.8. The van der Waals surface area contributed by atoms with E-state index in [0.717, 1.165) is 0 Å². The molecular weight excluding hydrogens is 356 g/mol. The number of anilines is 1. The van der Waals surface area contributed by atoms with Gasteiger partial charge in [-0.2, -0.15) is 0 Å². The smallest absolute Gasteiger partial charge is 0.254 e. The van der Waals surface area contributed by atoms with Crippen molar-refractivity contribution in [2.24, 2.45) is 0 Å². The van der Waals surface area contributed by atoms with Crippen molar-refractivity contribution in [2.45, 2.75) is 0 Å². The van der Waals surface area contributed by atoms with E-state index in [1.54, 1.807) is 43.4 Å². The van der Waals surface area contributed by atoms with Crippen molar-refractivity contribution in [3.63, 3.8) is 0 Å². The highest BCUT2D eigenvalue weighted by molar-refractivity contribution is 6.30. The van der Waals surface area contributed by atoms with Gasteiger partial charge in [0.05, 0.1) is 6.54 Å². The lowest BCUT2D eigenvalue weighted by atomic mass is 10.2. The van der Waals surface area contributed by atoms with Crippen LogP contribution in [0.5, 0.6) is 0 Å². The number of halogens is 1. The molecule has 0 bridgehead atoms. The molecule has 1 aromatic carbocycles. The first-order chi connectivity index (χ1) is 12.5. The van der Waals surface area contributed by atoms with Crippen LogP contribution in [0.2, 0.25) is 5.02 Å². The van der Waals surface area contributed by atoms with Gasteiger partial charge in [0.15, 0.2) is 0 Å². The zero-order chi connectivity index (χ0) is 18.7. The third-order valence-electron chi connectivity index (χ3n) is 4.08. The van der Waals surface area contributed by atoms with Gasteiger partial charge in [0.25, 0.3) is 5.91 Å². The highest BCUT2D eigenvalue weighted by Gasteiger charge is 2.32. The van der Waals surface area contributed by atoms with E-state index in [1.807, 2.05) is 0 Å². The van der Waals surface area contributed by atoms with Crippen LogP contribution in [0.3, 0.4) is 0 Å². The van der Waals surface area contributed by atoms with E-state index in [2.05, 4.69) is 4.98 Å². The number of pyridine rings is 1. The number of carbonyl (C=O) groups is 3. The van der Waals surface area contributed by atoms with Crippen LogP contribution in [-0.2, 0) is 9.59 Å². The predicted octanol–water partition coefficient (Wildman–Crippen LogP) is 1.64. The summed E-state index contributed by atoms with van der Waals surface area (Å²) in [5.41, 5.74) is 1.13. The first-order valence-corrected chi connectivity index (χ1v) is 8.32. The van der Waals surface area contributed by atoms with Crippen molar-refractivity contribution in [2.75, 3.05) is 31.7 Å². The Bertz CT molecular complexity index is 826. The van der Waals surface area contributed by atoms with Gasteiger partial charge in [0.2, 0.25) is 11.8 Å². The minimum Gasteiger partial charge on any atom is -0.332 e. The minimum absolute atomic E-state index is 0.0151. The molecule has 7 nitrogen and oxygen atoms in total. The van der Waals surface area contributed by atoms with Gasteiger partial charge < -0.3 is 9.80 Å². The van der Waals surface area contributed by atoms with Crippen LogP contribution in [0.1, 0.15) is 10.4 Å². The number of nitrogens with zero attached hydrogens (tertiary/aromatic N) is 4. The molecule has 0 unspecified atom stereocenters. The van der Waals surface area contributed by atoms with Gasteiger partial charge in [-0.05, 0) is 36.4 Å². The number of likely N-dealkylation sites (N-methyl/N-ethyl adjacent to an activating group) is 1. The van der Waals surface area contributed by atoms with Crippen LogP contribution in [0.4, 0.5) is 5.69 Å². The largest absolute Gasteiger partial charge is 0.332 e. The Labute approximate surface area is 155 Å². The number of rotatable bonds is 4. The fourth-order valence-electron chi connectivity index (χ4n) is 2.65. The Morgan fingerprint density at radius 1 is 1.15 bits per heavy atom. The van der Waals surface area contributed by atoms with Gasteiger partial charge in [-0.3, -0.25) is 24.3 Å². The van der Waals surface area contributed by atoms with Crippen molar-refractivity contribution in [1.82, 2.24) is 14.8 Å². The molecule has 1 fully saturated rings. The molecule has 8 heteroatoms. The molecule has 0 radical (unpaired) electrons. The topological polar surface area (TPSA) is 73.8 Å². The number of carbonyl (C=O) groups excluding carboxylic acids is 3. The summed E-state index contributed by atoms with van der Waals surface area (Å²) in [6.45, 7) is 0.0260. The van der Waals surface area contributed by atoms with Crippen molar-refractivity contribution in [3.8, 4) is 0 Å². The molecule has 0 aliphatic carbocycles. The molecule has 26 heavy (non-hydrogen) atoms. The minimum atomic E-state index is -0.292. The first-order valence-electron chi connectivity index (χ1n) is 7.95. The second-order valence-electron chi connectivity index (χ2n) is 5.93. The summed E-state index contributed by atoms with van der Waals surface area (Å²) in [6, 6.07) is 10.0. The van der Waals surface area contributed by atoms with E-state index in [9.17, 15) is 14.4 Å². The third kappa shape index (κ3) is 3.83. The lowest BCUT2D eigenvalue weighted by molar-refractivity contribution is -0.132. The third-order valence-corrected chi connectivity index (χ3v) is 4.33. The van der Waals surface area contributed by atoms with Crippen LogP contribution in [0, 0.1) is 0 Å². The van der Waals surface area contributed by atoms with E-state index in [-0.39, 0.29) is 37.5 Å². The standard InChI is InChI=1S/C18H17ClN4O3/c1-21(18(26)13-6-8-20-9-7-13)10-16(24)22-11-17(25)23(12-22)15-4-2-14(19)3-5-15/h2-9H,10-12H2,1H3. The maximum atomic E-state index is 12.5. The zero-order valence-electron chi connectivity index (χ0n) is 14.1. The highest BCUT2D eigenvalue weighted by Crippen LogP contribution is 2.21. The SMILES string of the molecule is CN(CC(=O)N1CC(=O)N(c2ccc(Cl)cc2)C1)C(=O)c1ccncc1. The molecule has 3 amide bonds. The maximum Gasteiger partial charge on any atom is 0.254 e. The van der Waals surface area contributed by atoms with E-state index < -0.39 is 0 Å². The van der Waals surface area contributed by atoms with Crippen molar-refractivity contribution < 1.29 is 14.4 Å². The molecule has 1 saturated heterocycles. The maximum absolute atomic E-state index is 12.5. The van der Waals surface area contributed by atoms with Gasteiger partial charge in [-0.1, -0.05) is 11.6 Å². The summed E-state index contributed by atoms with van der Waals surface area (Å²) in [4.78, 5) is 45.2. The molecule has 1 aliphatic rings. The Morgan fingerprint density at radius 2 is 1.81 bits per heavy atom. The zero-order valence-corrected chi connectivity index (χ0v) is 14.9. The average Bonchev–Trinajstić information content (AvgIpc) is 3.04. The number of benzene rings is 1. The number of hydrogen-bond donors (Lipinski definition) is 0. The molecule has 2 heterocycles. The molecule has 0 N–H and O–H groups in total. The highest BCUT2D eigenvalue weighted by atomic mass is 35.5. The van der Waals surface area contributed by atoms with Gasteiger partial charge in [0.1, 0.15) is 13.2 Å². The Balaban J connectivity index is 1.63. The molecule has 1 aliphatic heterocycles. The monoisotopic (exact) mass is 372 g/mol. The van der Waals surface area contributed by atoms with Gasteiger partial charge in [0, 0.05) is 35.7 Å². The Hall–Kier alpha value is -2.93. The van der Waals surface area contributed by atoms with Gasteiger partial charge in [-0.15, -0.1) is 0 Å². The van der Waals surface area contributed by atoms with E-state index >= 15 is 0 Å². The van der Waals surface area contributed by atoms with E-state index in [4.69, 9.17) is 11.6 Å². The number of hydrogen-bond acceptors (Lipinski definition) is 4. The Kier molecular flexibility index (Phi) is 5.18. The molecule has 3 rings (SSSR count). The molecule has 0 saturated carbocycles.